The molecule has 0 bridgehead atoms. The average molecular weight is 696 g/mol. The highest BCUT2D eigenvalue weighted by molar-refractivity contribution is 7.87. The van der Waals surface area contributed by atoms with E-state index in [2.05, 4.69) is 185 Å². The minimum atomic E-state index is -3.40. The number of rotatable bonds is 3. The van der Waals surface area contributed by atoms with Gasteiger partial charge in [-0.1, -0.05) is 109 Å². The van der Waals surface area contributed by atoms with Crippen molar-refractivity contribution in [2.45, 2.75) is 0 Å². The number of fused-ring (bicyclic) bond motifs is 6. The lowest BCUT2D eigenvalue weighted by Gasteiger charge is -2.49. The molecular formula is C48H30N3OP. The lowest BCUT2D eigenvalue weighted by Crippen LogP contribution is -2.47. The van der Waals surface area contributed by atoms with Crippen molar-refractivity contribution in [2.24, 2.45) is 0 Å². The summed E-state index contributed by atoms with van der Waals surface area (Å²) in [5, 5.41) is 10.1. The fourth-order valence-corrected chi connectivity index (χ4v) is 13.0. The molecule has 0 radical (unpaired) electrons. The van der Waals surface area contributed by atoms with Crippen LogP contribution in [0.2, 0.25) is 0 Å². The van der Waals surface area contributed by atoms with Crippen molar-refractivity contribution in [3.05, 3.63) is 182 Å². The predicted octanol–water partition coefficient (Wildman–Crippen LogP) is 12.1. The summed E-state index contributed by atoms with van der Waals surface area (Å²) >= 11 is 0. The molecule has 0 N–H and O–H groups in total. The molecule has 0 atom stereocenters. The second kappa shape index (κ2) is 10.5. The zero-order valence-electron chi connectivity index (χ0n) is 28.5. The number of hydrogen-bond donors (Lipinski definition) is 0. The monoisotopic (exact) mass is 695 g/mol. The standard InChI is InChI=1S/C48H30N3OP/c52-53-46-40-22-11-23-41(46)50(32-16-5-2-6-17-32)43-25-13-27-45(48(43)53)51(44-26-12-24-42(47(44)53)49(40)31-14-3-1-4-15-31)33-28-29-38-36-20-8-7-18-34(36)35-19-9-10-21-37(35)39(38)30-33/h1-30H. The molecule has 0 aliphatic carbocycles. The maximum absolute atomic E-state index is 16.8. The Kier molecular flexibility index (Phi) is 5.74. The van der Waals surface area contributed by atoms with E-state index in [0.717, 1.165) is 67.1 Å². The Balaban J connectivity index is 1.22. The van der Waals surface area contributed by atoms with Gasteiger partial charge in [-0.05, 0) is 105 Å². The molecule has 4 nitrogen and oxygen atoms in total. The number of para-hydroxylation sites is 2. The average Bonchev–Trinajstić information content (AvgIpc) is 3.22. The molecule has 5 heteroatoms. The molecule has 0 fully saturated rings. The first-order valence-electron chi connectivity index (χ1n) is 18.1. The Morgan fingerprint density at radius 2 is 0.604 bits per heavy atom. The molecule has 0 amide bonds. The van der Waals surface area contributed by atoms with Crippen molar-refractivity contribution in [2.75, 3.05) is 14.7 Å². The molecule has 0 saturated carbocycles. The Hall–Kier alpha value is -6.61. The van der Waals surface area contributed by atoms with Crippen molar-refractivity contribution in [3.63, 3.8) is 0 Å². The van der Waals surface area contributed by atoms with Crippen LogP contribution < -0.4 is 30.6 Å². The van der Waals surface area contributed by atoms with Crippen LogP contribution in [-0.2, 0) is 4.57 Å². The summed E-state index contributed by atoms with van der Waals surface area (Å²) in [6, 6.07) is 64.5. The summed E-state index contributed by atoms with van der Waals surface area (Å²) in [5.41, 5.74) is 8.84. The van der Waals surface area contributed by atoms with Gasteiger partial charge < -0.3 is 19.3 Å². The smallest absolute Gasteiger partial charge is 0.183 e. The molecule has 3 aliphatic heterocycles. The third-order valence-corrected chi connectivity index (χ3v) is 14.6. The summed E-state index contributed by atoms with van der Waals surface area (Å²) < 4.78 is 16.8. The second-order valence-electron chi connectivity index (χ2n) is 14.0. The van der Waals surface area contributed by atoms with Crippen LogP contribution in [0, 0.1) is 0 Å². The van der Waals surface area contributed by atoms with Gasteiger partial charge in [0.1, 0.15) is 0 Å². The Morgan fingerprint density at radius 1 is 0.283 bits per heavy atom. The highest BCUT2D eigenvalue weighted by atomic mass is 31.2. The maximum Gasteiger partial charge on any atom is 0.183 e. The molecule has 0 aromatic heterocycles. The highest BCUT2D eigenvalue weighted by Crippen LogP contribution is 2.66. The summed E-state index contributed by atoms with van der Waals surface area (Å²) in [4.78, 5) is 6.99. The van der Waals surface area contributed by atoms with E-state index >= 15 is 4.57 Å². The lowest BCUT2D eigenvalue weighted by molar-refractivity contribution is 0.592. The molecule has 9 aromatic carbocycles. The van der Waals surface area contributed by atoms with Crippen molar-refractivity contribution in [1.82, 2.24) is 0 Å². The van der Waals surface area contributed by atoms with Gasteiger partial charge in [-0.25, -0.2) is 0 Å². The van der Waals surface area contributed by atoms with E-state index in [9.17, 15) is 0 Å². The molecule has 53 heavy (non-hydrogen) atoms. The third-order valence-electron chi connectivity index (χ3n) is 11.4. The van der Waals surface area contributed by atoms with Crippen LogP contribution in [0.1, 0.15) is 0 Å². The fraction of sp³-hybridized carbons (Fsp3) is 0. The quantitative estimate of drug-likeness (QED) is 0.136. The Morgan fingerprint density at radius 3 is 1.00 bits per heavy atom. The van der Waals surface area contributed by atoms with E-state index in [1.807, 2.05) is 12.1 Å². The van der Waals surface area contributed by atoms with Crippen LogP contribution in [-0.4, -0.2) is 0 Å². The summed E-state index contributed by atoms with van der Waals surface area (Å²) in [5.74, 6) is 0. The van der Waals surface area contributed by atoms with Crippen LogP contribution in [0.25, 0.3) is 32.3 Å². The van der Waals surface area contributed by atoms with E-state index in [0.29, 0.717) is 0 Å². The van der Waals surface area contributed by atoms with E-state index < -0.39 is 7.14 Å². The predicted molar refractivity (Wildman–Crippen MR) is 223 cm³/mol. The number of benzene rings is 9. The van der Waals surface area contributed by atoms with Crippen molar-refractivity contribution in [1.29, 1.82) is 0 Å². The van der Waals surface area contributed by atoms with Gasteiger partial charge in [-0.15, -0.1) is 0 Å². The molecule has 0 spiro atoms. The Bertz CT molecular complexity index is 2910. The molecular weight excluding hydrogens is 666 g/mol. The van der Waals surface area contributed by atoms with Crippen molar-refractivity contribution >= 4 is 107 Å². The zero-order chi connectivity index (χ0) is 34.8. The molecule has 0 unspecified atom stereocenters. The highest BCUT2D eigenvalue weighted by Gasteiger charge is 2.54. The summed E-state index contributed by atoms with van der Waals surface area (Å²) in [6.45, 7) is 0. The number of hydrogen-bond acceptors (Lipinski definition) is 4. The molecule has 12 rings (SSSR count). The number of nitrogens with zero attached hydrogens (tertiary/aromatic N) is 3. The van der Waals surface area contributed by atoms with Gasteiger partial charge in [0, 0.05) is 17.1 Å². The minimum Gasteiger partial charge on any atom is -0.309 e. The first kappa shape index (κ1) is 29.0. The summed E-state index contributed by atoms with van der Waals surface area (Å²) in [6.07, 6.45) is 0. The van der Waals surface area contributed by atoms with Crippen LogP contribution in [0.5, 0.6) is 0 Å². The van der Waals surface area contributed by atoms with Crippen LogP contribution in [0.15, 0.2) is 182 Å². The second-order valence-corrected chi connectivity index (χ2v) is 16.6. The van der Waals surface area contributed by atoms with E-state index in [1.54, 1.807) is 0 Å². The minimum absolute atomic E-state index is 0.889. The van der Waals surface area contributed by atoms with Gasteiger partial charge >= 0.3 is 0 Å². The summed E-state index contributed by atoms with van der Waals surface area (Å²) in [7, 11) is -3.40. The first-order chi connectivity index (χ1) is 26.2. The largest absolute Gasteiger partial charge is 0.309 e. The van der Waals surface area contributed by atoms with E-state index in [-0.39, 0.29) is 0 Å². The topological polar surface area (TPSA) is 26.8 Å². The SMILES string of the molecule is O=P12c3c4cccc3N(c3ccccc3)c3cccc(c31)N(c1ccc3c5ccccc5c5ccccc5c3c1)c1cccc(c12)N4c1ccccc1. The van der Waals surface area contributed by atoms with Crippen LogP contribution >= 0.6 is 7.14 Å². The van der Waals surface area contributed by atoms with Crippen LogP contribution in [0.4, 0.5) is 51.2 Å². The zero-order valence-corrected chi connectivity index (χ0v) is 29.4. The van der Waals surface area contributed by atoms with Crippen LogP contribution in [0.3, 0.4) is 0 Å². The van der Waals surface area contributed by atoms with E-state index in [4.69, 9.17) is 0 Å². The van der Waals surface area contributed by atoms with Gasteiger partial charge in [0.2, 0.25) is 0 Å². The Labute approximate surface area is 306 Å². The number of anilines is 9. The van der Waals surface area contributed by atoms with Gasteiger partial charge in [-0.3, -0.25) is 0 Å². The molecule has 9 aromatic rings. The van der Waals surface area contributed by atoms with E-state index in [1.165, 1.54) is 32.3 Å². The molecule has 248 valence electrons. The molecule has 3 aliphatic rings. The van der Waals surface area contributed by atoms with Gasteiger partial charge in [0.15, 0.2) is 7.14 Å². The van der Waals surface area contributed by atoms with Gasteiger partial charge in [-0.2, -0.15) is 0 Å². The third kappa shape index (κ3) is 3.68. The van der Waals surface area contributed by atoms with Gasteiger partial charge in [0.05, 0.1) is 50.0 Å². The molecule has 0 saturated heterocycles. The van der Waals surface area contributed by atoms with Crippen molar-refractivity contribution in [3.8, 4) is 0 Å². The maximum atomic E-state index is 16.8. The normalized spacial score (nSPS) is 14.5. The van der Waals surface area contributed by atoms with Gasteiger partial charge in [0.25, 0.3) is 0 Å². The van der Waals surface area contributed by atoms with Crippen molar-refractivity contribution < 1.29 is 4.57 Å². The fourth-order valence-electron chi connectivity index (χ4n) is 9.36. The molecule has 3 heterocycles. The lowest BCUT2D eigenvalue weighted by atomic mass is 9.94. The first-order valence-corrected chi connectivity index (χ1v) is 19.8.